The Kier molecular flexibility index (Phi) is 4.95. The number of carbonyl (C=O) groups is 3. The molecule has 0 aromatic rings. The van der Waals surface area contributed by atoms with E-state index in [9.17, 15) is 14.4 Å². The molecule has 0 N–H and O–H groups in total. The molecule has 0 aromatic heterocycles. The lowest BCUT2D eigenvalue weighted by Crippen LogP contribution is -2.44. The lowest BCUT2D eigenvalue weighted by atomic mass is 9.74. The molecular formula is C15H24O5. The molecule has 0 aliphatic heterocycles. The van der Waals surface area contributed by atoms with E-state index >= 15 is 0 Å². The second-order valence-corrected chi connectivity index (χ2v) is 6.41. The molecule has 5 nitrogen and oxygen atoms in total. The summed E-state index contributed by atoms with van der Waals surface area (Å²) in [5, 5.41) is 0. The summed E-state index contributed by atoms with van der Waals surface area (Å²) >= 11 is 0. The fourth-order valence-electron chi connectivity index (χ4n) is 2.67. The van der Waals surface area contributed by atoms with E-state index in [4.69, 9.17) is 4.74 Å². The zero-order chi connectivity index (χ0) is 15.6. The van der Waals surface area contributed by atoms with Crippen molar-refractivity contribution in [2.45, 2.75) is 59.0 Å². The van der Waals surface area contributed by atoms with Crippen LogP contribution >= 0.6 is 0 Å². The van der Waals surface area contributed by atoms with Gasteiger partial charge in [0.15, 0.2) is 0 Å². The minimum absolute atomic E-state index is 0.0474. The first-order valence-corrected chi connectivity index (χ1v) is 6.97. The Labute approximate surface area is 120 Å². The highest BCUT2D eigenvalue weighted by atomic mass is 16.6. The fraction of sp³-hybridized carbons (Fsp3) is 0.800. The van der Waals surface area contributed by atoms with E-state index in [1.807, 2.05) is 6.92 Å². The van der Waals surface area contributed by atoms with Crippen LogP contribution in [-0.2, 0) is 23.9 Å². The van der Waals surface area contributed by atoms with Gasteiger partial charge in [0.05, 0.1) is 7.11 Å². The largest absolute Gasteiger partial charge is 0.469 e. The third kappa shape index (κ3) is 3.38. The van der Waals surface area contributed by atoms with E-state index < -0.39 is 23.0 Å². The zero-order valence-corrected chi connectivity index (χ0v) is 12.9. The summed E-state index contributed by atoms with van der Waals surface area (Å²) in [4.78, 5) is 36.1. The van der Waals surface area contributed by atoms with Gasteiger partial charge in [-0.2, -0.15) is 0 Å². The van der Waals surface area contributed by atoms with Crippen molar-refractivity contribution in [3.8, 4) is 0 Å². The normalized spacial score (nSPS) is 26.4. The predicted octanol–water partition coefficient (Wildman–Crippen LogP) is 2.27. The molecular weight excluding hydrogens is 260 g/mol. The minimum atomic E-state index is -1.19. The summed E-state index contributed by atoms with van der Waals surface area (Å²) in [5.41, 5.74) is -1.85. The first-order chi connectivity index (χ1) is 9.13. The Hall–Kier alpha value is -1.39. The summed E-state index contributed by atoms with van der Waals surface area (Å²) < 4.78 is 10.0. The smallest absolute Gasteiger partial charge is 0.320 e. The number of methoxy groups -OCH3 is 1. The Morgan fingerprint density at radius 3 is 2.35 bits per heavy atom. The molecule has 0 heterocycles. The van der Waals surface area contributed by atoms with Crippen molar-refractivity contribution >= 4 is 17.7 Å². The van der Waals surface area contributed by atoms with Crippen LogP contribution in [0.25, 0.3) is 0 Å². The molecule has 0 bridgehead atoms. The molecule has 0 radical (unpaired) electrons. The second-order valence-electron chi connectivity index (χ2n) is 6.41. The molecule has 0 saturated heterocycles. The van der Waals surface area contributed by atoms with Crippen LogP contribution in [0.5, 0.6) is 0 Å². The van der Waals surface area contributed by atoms with Crippen molar-refractivity contribution in [2.75, 3.05) is 7.11 Å². The van der Waals surface area contributed by atoms with Gasteiger partial charge in [-0.1, -0.05) is 6.92 Å². The van der Waals surface area contributed by atoms with Gasteiger partial charge in [0.25, 0.3) is 0 Å². The Balaban J connectivity index is 2.99. The molecule has 114 valence electrons. The molecule has 0 amide bonds. The maximum atomic E-state index is 12.5. The lowest BCUT2D eigenvalue weighted by molar-refractivity contribution is -0.172. The molecule has 1 fully saturated rings. The van der Waals surface area contributed by atoms with Gasteiger partial charge in [-0.05, 0) is 39.5 Å². The van der Waals surface area contributed by atoms with Crippen molar-refractivity contribution in [1.29, 1.82) is 0 Å². The summed E-state index contributed by atoms with van der Waals surface area (Å²) in [7, 11) is 1.29. The molecule has 1 rings (SSSR count). The molecule has 0 spiro atoms. The van der Waals surface area contributed by atoms with Crippen LogP contribution in [0.2, 0.25) is 0 Å². The maximum Gasteiger partial charge on any atom is 0.320 e. The van der Waals surface area contributed by atoms with Crippen LogP contribution in [0.15, 0.2) is 0 Å². The fourth-order valence-corrected chi connectivity index (χ4v) is 2.67. The van der Waals surface area contributed by atoms with Gasteiger partial charge in [-0.3, -0.25) is 14.4 Å². The summed E-state index contributed by atoms with van der Waals surface area (Å²) in [6.07, 6.45) is 1.22. The van der Waals surface area contributed by atoms with Gasteiger partial charge in [0.2, 0.25) is 0 Å². The first kappa shape index (κ1) is 16.7. The third-order valence-corrected chi connectivity index (χ3v) is 3.86. The highest BCUT2D eigenvalue weighted by Crippen LogP contribution is 2.45. The van der Waals surface area contributed by atoms with Gasteiger partial charge in [-0.25, -0.2) is 0 Å². The number of ketones is 1. The highest BCUT2D eigenvalue weighted by molar-refractivity contribution is 6.06. The van der Waals surface area contributed by atoms with E-state index in [1.54, 1.807) is 20.8 Å². The first-order valence-electron chi connectivity index (χ1n) is 6.97. The van der Waals surface area contributed by atoms with Crippen LogP contribution in [0.4, 0.5) is 0 Å². The Bertz CT molecular complexity index is 407. The number of carbonyl (C=O) groups excluding carboxylic acids is 3. The van der Waals surface area contributed by atoms with Crippen molar-refractivity contribution in [3.05, 3.63) is 0 Å². The molecule has 5 heteroatoms. The quantitative estimate of drug-likeness (QED) is 0.585. The standard InChI is InChI=1S/C15H24O5/c1-10-6-7-11(16)15(10,9-8-12(17)19-5)13(18)20-14(2,3)4/h10H,6-9H2,1-5H3/t10-,15-/m1/s1. The predicted molar refractivity (Wildman–Crippen MR) is 72.9 cm³/mol. The van der Waals surface area contributed by atoms with Gasteiger partial charge < -0.3 is 9.47 Å². The van der Waals surface area contributed by atoms with Crippen LogP contribution in [0, 0.1) is 11.3 Å². The van der Waals surface area contributed by atoms with E-state index in [0.29, 0.717) is 12.8 Å². The van der Waals surface area contributed by atoms with Crippen LogP contribution in [0.1, 0.15) is 53.4 Å². The highest BCUT2D eigenvalue weighted by Gasteiger charge is 2.55. The van der Waals surface area contributed by atoms with E-state index in [-0.39, 0.29) is 24.5 Å². The summed E-state index contributed by atoms with van der Waals surface area (Å²) in [6, 6.07) is 0. The number of esters is 2. The third-order valence-electron chi connectivity index (χ3n) is 3.86. The molecule has 1 aliphatic rings. The average molecular weight is 284 g/mol. The molecule has 20 heavy (non-hydrogen) atoms. The van der Waals surface area contributed by atoms with E-state index in [0.717, 1.165) is 0 Å². The molecule has 0 unspecified atom stereocenters. The number of ether oxygens (including phenoxy) is 2. The number of rotatable bonds is 4. The molecule has 0 aromatic carbocycles. The maximum absolute atomic E-state index is 12.5. The SMILES string of the molecule is COC(=O)CC[C@]1(C(=O)OC(C)(C)C)C(=O)CC[C@H]1C. The molecule has 2 atom stereocenters. The van der Waals surface area contributed by atoms with Crippen molar-refractivity contribution in [1.82, 2.24) is 0 Å². The minimum Gasteiger partial charge on any atom is -0.469 e. The number of hydrogen-bond acceptors (Lipinski definition) is 5. The van der Waals surface area contributed by atoms with E-state index in [2.05, 4.69) is 4.74 Å². The number of Topliss-reactive ketones (excluding diaryl/α,β-unsaturated/α-hetero) is 1. The Morgan fingerprint density at radius 2 is 1.95 bits per heavy atom. The van der Waals surface area contributed by atoms with Gasteiger partial charge >= 0.3 is 11.9 Å². The second kappa shape index (κ2) is 5.94. The van der Waals surface area contributed by atoms with Gasteiger partial charge in [-0.15, -0.1) is 0 Å². The topological polar surface area (TPSA) is 69.7 Å². The van der Waals surface area contributed by atoms with Gasteiger partial charge in [0.1, 0.15) is 16.8 Å². The van der Waals surface area contributed by atoms with E-state index in [1.165, 1.54) is 7.11 Å². The molecule has 1 aliphatic carbocycles. The Morgan fingerprint density at radius 1 is 1.35 bits per heavy atom. The van der Waals surface area contributed by atoms with Crippen molar-refractivity contribution in [2.24, 2.45) is 11.3 Å². The van der Waals surface area contributed by atoms with Crippen molar-refractivity contribution in [3.63, 3.8) is 0 Å². The zero-order valence-electron chi connectivity index (χ0n) is 12.9. The van der Waals surface area contributed by atoms with Crippen LogP contribution in [-0.4, -0.2) is 30.4 Å². The van der Waals surface area contributed by atoms with Crippen molar-refractivity contribution < 1.29 is 23.9 Å². The van der Waals surface area contributed by atoms with Crippen LogP contribution < -0.4 is 0 Å². The monoisotopic (exact) mass is 284 g/mol. The van der Waals surface area contributed by atoms with Crippen LogP contribution in [0.3, 0.4) is 0 Å². The average Bonchev–Trinajstić information content (AvgIpc) is 2.61. The molecule has 1 saturated carbocycles. The van der Waals surface area contributed by atoms with Gasteiger partial charge in [0, 0.05) is 12.8 Å². The lowest BCUT2D eigenvalue weighted by Gasteiger charge is -2.33. The summed E-state index contributed by atoms with van der Waals surface area (Å²) in [6.45, 7) is 7.17. The number of hydrogen-bond donors (Lipinski definition) is 0. The summed E-state index contributed by atoms with van der Waals surface area (Å²) in [5.74, 6) is -1.17.